The van der Waals surface area contributed by atoms with E-state index in [1.165, 1.54) is 4.68 Å². The zero-order valence-electron chi connectivity index (χ0n) is 16.8. The number of halogens is 3. The van der Waals surface area contributed by atoms with E-state index in [0.717, 1.165) is 17.2 Å². The Morgan fingerprint density at radius 2 is 1.90 bits per heavy atom. The molecular formula is C21H18BrI2N3O4. The predicted molar refractivity (Wildman–Crippen MR) is 140 cm³/mol. The van der Waals surface area contributed by atoms with Crippen molar-refractivity contribution < 1.29 is 14.6 Å². The summed E-state index contributed by atoms with van der Waals surface area (Å²) in [6.07, 6.45) is 1.59. The second kappa shape index (κ2) is 9.53. The van der Waals surface area contributed by atoms with Gasteiger partial charge in [-0.25, -0.2) is 9.78 Å². The Bertz CT molecular complexity index is 1240. The standard InChI is InChI=1S/C21H18BrI2N3O4/c1-21(2,3)20-26-16-5-4-12(22)8-13(16)19(30)27(20)25-9-11-6-14(23)18(15(24)7-11)31-10-17(28)29/h4-9H,10H2,1-3H3,(H,28,29). The predicted octanol–water partition coefficient (Wildman–Crippen LogP) is 5.01. The lowest BCUT2D eigenvalue weighted by molar-refractivity contribution is -0.139. The zero-order valence-corrected chi connectivity index (χ0v) is 22.7. The number of hydrogen-bond acceptors (Lipinski definition) is 5. The maximum absolute atomic E-state index is 13.2. The maximum atomic E-state index is 13.2. The molecule has 0 atom stereocenters. The lowest BCUT2D eigenvalue weighted by Crippen LogP contribution is -2.29. The number of rotatable bonds is 5. The van der Waals surface area contributed by atoms with Crippen LogP contribution in [0.2, 0.25) is 0 Å². The lowest BCUT2D eigenvalue weighted by Gasteiger charge is -2.20. The number of fused-ring (bicyclic) bond motifs is 1. The van der Waals surface area contributed by atoms with Gasteiger partial charge < -0.3 is 9.84 Å². The summed E-state index contributed by atoms with van der Waals surface area (Å²) in [6, 6.07) is 9.04. The Labute approximate surface area is 214 Å². The molecule has 0 aliphatic rings. The SMILES string of the molecule is CC(C)(C)c1nc2ccc(Br)cc2c(=O)n1N=Cc1cc(I)c(OCC(=O)O)c(I)c1. The van der Waals surface area contributed by atoms with Crippen LogP contribution in [-0.2, 0) is 10.2 Å². The van der Waals surface area contributed by atoms with Gasteiger partial charge in [-0.2, -0.15) is 9.78 Å². The molecular weight excluding hydrogens is 692 g/mol. The van der Waals surface area contributed by atoms with Crippen LogP contribution < -0.4 is 10.3 Å². The highest BCUT2D eigenvalue weighted by molar-refractivity contribution is 14.1. The molecule has 0 bridgehead atoms. The Kier molecular flexibility index (Phi) is 7.41. The quantitative estimate of drug-likeness (QED) is 0.297. The van der Waals surface area contributed by atoms with Gasteiger partial charge in [0.05, 0.1) is 24.3 Å². The average molecular weight is 710 g/mol. The topological polar surface area (TPSA) is 93.8 Å². The maximum Gasteiger partial charge on any atom is 0.341 e. The molecule has 3 rings (SSSR count). The van der Waals surface area contributed by atoms with Crippen molar-refractivity contribution >= 4 is 84.2 Å². The molecule has 0 fully saturated rings. The van der Waals surface area contributed by atoms with Crippen molar-refractivity contribution in [2.45, 2.75) is 26.2 Å². The summed E-state index contributed by atoms with van der Waals surface area (Å²) in [6.45, 7) is 5.52. The van der Waals surface area contributed by atoms with Crippen LogP contribution in [0.15, 0.2) is 44.7 Å². The third-order valence-electron chi connectivity index (χ3n) is 4.16. The smallest absolute Gasteiger partial charge is 0.341 e. The van der Waals surface area contributed by atoms with Gasteiger partial charge in [-0.15, -0.1) is 0 Å². The van der Waals surface area contributed by atoms with E-state index in [9.17, 15) is 9.59 Å². The summed E-state index contributed by atoms with van der Waals surface area (Å²) in [7, 11) is 0. The fraction of sp³-hybridized carbons (Fsp3) is 0.238. The van der Waals surface area contributed by atoms with Crippen LogP contribution in [-0.4, -0.2) is 33.6 Å². The first-order valence-corrected chi connectivity index (χ1v) is 12.0. The van der Waals surface area contributed by atoms with E-state index in [4.69, 9.17) is 14.8 Å². The molecule has 0 radical (unpaired) electrons. The molecule has 0 amide bonds. The summed E-state index contributed by atoms with van der Waals surface area (Å²) < 4.78 is 8.98. The molecule has 2 aromatic carbocycles. The van der Waals surface area contributed by atoms with E-state index >= 15 is 0 Å². The van der Waals surface area contributed by atoms with Crippen molar-refractivity contribution in [1.29, 1.82) is 0 Å². The first-order valence-electron chi connectivity index (χ1n) is 9.08. The van der Waals surface area contributed by atoms with Gasteiger partial charge in [0, 0.05) is 9.89 Å². The van der Waals surface area contributed by atoms with Crippen LogP contribution in [0.25, 0.3) is 10.9 Å². The number of carbonyl (C=O) groups is 1. The third kappa shape index (κ3) is 5.64. The van der Waals surface area contributed by atoms with Gasteiger partial charge in [-0.05, 0) is 81.1 Å². The second-order valence-electron chi connectivity index (χ2n) is 7.70. The number of ether oxygens (including phenoxy) is 1. The van der Waals surface area contributed by atoms with Crippen molar-refractivity contribution in [2.75, 3.05) is 6.61 Å². The number of benzene rings is 2. The molecule has 3 aromatic rings. The van der Waals surface area contributed by atoms with Gasteiger partial charge in [0.1, 0.15) is 11.6 Å². The Morgan fingerprint density at radius 3 is 2.48 bits per heavy atom. The van der Waals surface area contributed by atoms with E-state index in [2.05, 4.69) is 66.2 Å². The number of aromatic nitrogens is 2. The fourth-order valence-electron chi connectivity index (χ4n) is 2.79. The number of hydrogen-bond donors (Lipinski definition) is 1. The summed E-state index contributed by atoms with van der Waals surface area (Å²) in [5.41, 5.74) is 0.708. The molecule has 0 saturated heterocycles. The third-order valence-corrected chi connectivity index (χ3v) is 6.26. The first-order chi connectivity index (χ1) is 14.5. The average Bonchev–Trinajstić information content (AvgIpc) is 2.66. The first kappa shape index (κ1) is 24.1. The zero-order chi connectivity index (χ0) is 22.9. The molecule has 0 spiro atoms. The van der Waals surface area contributed by atoms with E-state index in [1.54, 1.807) is 12.3 Å². The van der Waals surface area contributed by atoms with E-state index < -0.39 is 18.0 Å². The molecule has 162 valence electrons. The van der Waals surface area contributed by atoms with Gasteiger partial charge in [0.2, 0.25) is 0 Å². The van der Waals surface area contributed by atoms with Crippen LogP contribution in [0.5, 0.6) is 5.75 Å². The van der Waals surface area contributed by atoms with Crippen molar-refractivity contribution in [2.24, 2.45) is 5.10 Å². The Hall–Kier alpha value is -1.54. The summed E-state index contributed by atoms with van der Waals surface area (Å²) in [5, 5.41) is 13.8. The minimum Gasteiger partial charge on any atom is -0.480 e. The highest BCUT2D eigenvalue weighted by Crippen LogP contribution is 2.29. The van der Waals surface area contributed by atoms with Crippen LogP contribution in [0, 0.1) is 7.14 Å². The van der Waals surface area contributed by atoms with Crippen LogP contribution in [0.3, 0.4) is 0 Å². The van der Waals surface area contributed by atoms with E-state index in [-0.39, 0.29) is 5.56 Å². The summed E-state index contributed by atoms with van der Waals surface area (Å²) in [4.78, 5) is 28.7. The Balaban J connectivity index is 2.09. The summed E-state index contributed by atoms with van der Waals surface area (Å²) >= 11 is 7.57. The van der Waals surface area contributed by atoms with Crippen LogP contribution >= 0.6 is 61.1 Å². The normalized spacial score (nSPS) is 11.9. The second-order valence-corrected chi connectivity index (χ2v) is 10.9. The van der Waals surface area contributed by atoms with Crippen LogP contribution in [0.1, 0.15) is 32.2 Å². The monoisotopic (exact) mass is 709 g/mol. The number of carboxylic acid groups (broad SMARTS) is 1. The minimum atomic E-state index is -1.04. The van der Waals surface area contributed by atoms with Crippen molar-refractivity contribution in [3.63, 3.8) is 0 Å². The van der Waals surface area contributed by atoms with Crippen molar-refractivity contribution in [3.8, 4) is 5.75 Å². The largest absolute Gasteiger partial charge is 0.480 e. The van der Waals surface area contributed by atoms with Crippen molar-refractivity contribution in [3.05, 3.63) is 63.7 Å². The van der Waals surface area contributed by atoms with Gasteiger partial charge >= 0.3 is 5.97 Å². The highest BCUT2D eigenvalue weighted by atomic mass is 127. The van der Waals surface area contributed by atoms with Gasteiger partial charge in [0.25, 0.3) is 5.56 Å². The number of nitrogens with zero attached hydrogens (tertiary/aromatic N) is 3. The molecule has 0 unspecified atom stereocenters. The van der Waals surface area contributed by atoms with Crippen LogP contribution in [0.4, 0.5) is 0 Å². The van der Waals surface area contributed by atoms with Gasteiger partial charge in [0.15, 0.2) is 6.61 Å². The number of carboxylic acids is 1. The molecule has 1 heterocycles. The summed E-state index contributed by atoms with van der Waals surface area (Å²) in [5.74, 6) is 0.0154. The van der Waals surface area contributed by atoms with Gasteiger partial charge in [-0.3, -0.25) is 4.79 Å². The number of aliphatic carboxylic acids is 1. The molecule has 1 N–H and O–H groups in total. The fourth-order valence-corrected chi connectivity index (χ4v) is 5.28. The van der Waals surface area contributed by atoms with Crippen molar-refractivity contribution in [1.82, 2.24) is 9.66 Å². The molecule has 0 aliphatic carbocycles. The van der Waals surface area contributed by atoms with E-state index in [1.807, 2.05) is 45.0 Å². The minimum absolute atomic E-state index is 0.252. The molecule has 0 saturated carbocycles. The van der Waals surface area contributed by atoms with E-state index in [0.29, 0.717) is 22.5 Å². The highest BCUT2D eigenvalue weighted by Gasteiger charge is 2.23. The molecule has 31 heavy (non-hydrogen) atoms. The molecule has 10 heteroatoms. The molecule has 7 nitrogen and oxygen atoms in total. The molecule has 0 aliphatic heterocycles. The van der Waals surface area contributed by atoms with Gasteiger partial charge in [-0.1, -0.05) is 36.7 Å². The molecule has 1 aromatic heterocycles. The Morgan fingerprint density at radius 1 is 1.26 bits per heavy atom. The lowest BCUT2D eigenvalue weighted by atomic mass is 9.95.